The molecule has 0 bridgehead atoms. The van der Waals surface area contributed by atoms with Crippen molar-refractivity contribution >= 4 is 23.1 Å². The van der Waals surface area contributed by atoms with E-state index in [1.54, 1.807) is 18.2 Å². The van der Waals surface area contributed by atoms with Gasteiger partial charge in [0.25, 0.3) is 0 Å². The van der Waals surface area contributed by atoms with Crippen molar-refractivity contribution in [3.63, 3.8) is 0 Å². The smallest absolute Gasteiger partial charge is 0.323 e. The van der Waals surface area contributed by atoms with Crippen molar-refractivity contribution in [2.75, 3.05) is 16.4 Å². The first-order valence-corrected chi connectivity index (χ1v) is 6.16. The van der Waals surface area contributed by atoms with Crippen LogP contribution in [0.4, 0.5) is 26.2 Å². The highest BCUT2D eigenvalue weighted by atomic mass is 19.1. The normalized spacial score (nSPS) is 10.2. The van der Waals surface area contributed by atoms with Crippen LogP contribution in [0, 0.1) is 19.7 Å². The number of aryl methyl sites for hydroxylation is 2. The van der Waals surface area contributed by atoms with E-state index in [2.05, 4.69) is 10.6 Å². The Morgan fingerprint density at radius 1 is 1.10 bits per heavy atom. The second-order valence-electron chi connectivity index (χ2n) is 4.62. The fraction of sp³-hybridized carbons (Fsp3) is 0.133. The van der Waals surface area contributed by atoms with E-state index in [9.17, 15) is 9.18 Å². The number of nitrogens with one attached hydrogen (secondary N) is 2. The monoisotopic (exact) mass is 273 g/mol. The second-order valence-corrected chi connectivity index (χ2v) is 4.62. The van der Waals surface area contributed by atoms with Crippen molar-refractivity contribution in [1.82, 2.24) is 0 Å². The maximum Gasteiger partial charge on any atom is 0.323 e. The zero-order valence-corrected chi connectivity index (χ0v) is 11.3. The van der Waals surface area contributed by atoms with Gasteiger partial charge in [-0.15, -0.1) is 0 Å². The number of nitrogens with two attached hydrogens (primary N) is 1. The quantitative estimate of drug-likeness (QED) is 0.731. The SMILES string of the molecule is Cc1cc(N)cc(C)c1NC(=O)Nc1cccc(F)c1. The van der Waals surface area contributed by atoms with E-state index in [4.69, 9.17) is 5.73 Å². The summed E-state index contributed by atoms with van der Waals surface area (Å²) in [4.78, 5) is 11.9. The number of urea groups is 1. The molecule has 2 aromatic rings. The largest absolute Gasteiger partial charge is 0.399 e. The minimum absolute atomic E-state index is 0.397. The van der Waals surface area contributed by atoms with E-state index in [-0.39, 0.29) is 0 Å². The lowest BCUT2D eigenvalue weighted by molar-refractivity contribution is 0.262. The fourth-order valence-corrected chi connectivity index (χ4v) is 2.04. The molecular formula is C15H16FN3O. The van der Waals surface area contributed by atoms with Gasteiger partial charge in [-0.3, -0.25) is 0 Å². The first-order valence-electron chi connectivity index (χ1n) is 6.16. The molecule has 0 radical (unpaired) electrons. The van der Waals surface area contributed by atoms with Gasteiger partial charge in [-0.25, -0.2) is 9.18 Å². The molecule has 0 saturated carbocycles. The average Bonchev–Trinajstić information content (AvgIpc) is 2.33. The number of hydrogen-bond acceptors (Lipinski definition) is 2. The summed E-state index contributed by atoms with van der Waals surface area (Å²) >= 11 is 0. The Bertz CT molecular complexity index is 632. The second kappa shape index (κ2) is 5.61. The molecule has 2 amide bonds. The average molecular weight is 273 g/mol. The van der Waals surface area contributed by atoms with Crippen LogP contribution in [0.3, 0.4) is 0 Å². The number of nitrogen functional groups attached to an aromatic ring is 1. The van der Waals surface area contributed by atoms with Crippen LogP contribution in [-0.4, -0.2) is 6.03 Å². The van der Waals surface area contributed by atoms with Gasteiger partial charge >= 0.3 is 6.03 Å². The van der Waals surface area contributed by atoms with Crippen molar-refractivity contribution in [1.29, 1.82) is 0 Å². The summed E-state index contributed by atoms with van der Waals surface area (Å²) in [5, 5.41) is 5.32. The van der Waals surface area contributed by atoms with Gasteiger partial charge in [0.1, 0.15) is 5.82 Å². The fourth-order valence-electron chi connectivity index (χ4n) is 2.04. The Balaban J connectivity index is 2.13. The van der Waals surface area contributed by atoms with Gasteiger partial charge in [-0.05, 0) is 55.3 Å². The van der Waals surface area contributed by atoms with Gasteiger partial charge in [0.05, 0.1) is 0 Å². The van der Waals surface area contributed by atoms with Crippen molar-refractivity contribution in [2.45, 2.75) is 13.8 Å². The molecular weight excluding hydrogens is 257 g/mol. The number of benzene rings is 2. The maximum atomic E-state index is 13.0. The number of halogens is 1. The number of carbonyl (C=O) groups excluding carboxylic acids is 1. The number of carbonyl (C=O) groups is 1. The minimum atomic E-state index is -0.424. The van der Waals surface area contributed by atoms with Gasteiger partial charge in [0, 0.05) is 17.1 Å². The molecule has 2 aromatic carbocycles. The summed E-state index contributed by atoms with van der Waals surface area (Å²) in [5.74, 6) is -0.400. The third-order valence-corrected chi connectivity index (χ3v) is 2.88. The maximum absolute atomic E-state index is 13.0. The predicted molar refractivity (Wildman–Crippen MR) is 79.4 cm³/mol. The van der Waals surface area contributed by atoms with E-state index < -0.39 is 11.8 Å². The number of anilines is 3. The molecule has 0 aliphatic carbocycles. The van der Waals surface area contributed by atoms with E-state index in [1.165, 1.54) is 18.2 Å². The Hall–Kier alpha value is -2.56. The highest BCUT2D eigenvalue weighted by Crippen LogP contribution is 2.23. The zero-order valence-electron chi connectivity index (χ0n) is 11.3. The molecule has 0 aliphatic rings. The van der Waals surface area contributed by atoms with E-state index in [0.29, 0.717) is 17.1 Å². The number of hydrogen-bond donors (Lipinski definition) is 3. The molecule has 0 heterocycles. The van der Waals surface area contributed by atoms with Crippen LogP contribution in [0.1, 0.15) is 11.1 Å². The van der Waals surface area contributed by atoms with Gasteiger partial charge < -0.3 is 16.4 Å². The third-order valence-electron chi connectivity index (χ3n) is 2.88. The van der Waals surface area contributed by atoms with Gasteiger partial charge in [0.2, 0.25) is 0 Å². The third kappa shape index (κ3) is 3.26. The zero-order chi connectivity index (χ0) is 14.7. The molecule has 0 aliphatic heterocycles. The first-order chi connectivity index (χ1) is 9.45. The summed E-state index contributed by atoms with van der Waals surface area (Å²) in [6, 6.07) is 8.86. The molecule has 0 fully saturated rings. The standard InChI is InChI=1S/C15H16FN3O/c1-9-6-12(17)7-10(2)14(9)19-15(20)18-13-5-3-4-11(16)8-13/h3-8H,17H2,1-2H3,(H2,18,19,20). The Morgan fingerprint density at radius 2 is 1.75 bits per heavy atom. The van der Waals surface area contributed by atoms with Crippen LogP contribution in [0.5, 0.6) is 0 Å². The molecule has 0 atom stereocenters. The van der Waals surface area contributed by atoms with Gasteiger partial charge in [0.15, 0.2) is 0 Å². The molecule has 0 aromatic heterocycles. The summed E-state index contributed by atoms with van der Waals surface area (Å²) < 4.78 is 13.0. The topological polar surface area (TPSA) is 67.1 Å². The van der Waals surface area contributed by atoms with Crippen LogP contribution < -0.4 is 16.4 Å². The van der Waals surface area contributed by atoms with Crippen molar-refractivity contribution in [3.8, 4) is 0 Å². The molecule has 104 valence electrons. The van der Waals surface area contributed by atoms with Crippen LogP contribution in [0.2, 0.25) is 0 Å². The van der Waals surface area contributed by atoms with Crippen molar-refractivity contribution in [2.24, 2.45) is 0 Å². The molecule has 2 rings (SSSR count). The molecule has 0 saturated heterocycles. The molecule has 5 heteroatoms. The lowest BCUT2D eigenvalue weighted by Crippen LogP contribution is -2.20. The summed E-state index contributed by atoms with van der Waals surface area (Å²) in [6.45, 7) is 3.72. The number of amides is 2. The number of rotatable bonds is 2. The summed E-state index contributed by atoms with van der Waals surface area (Å²) in [6.07, 6.45) is 0. The molecule has 0 spiro atoms. The van der Waals surface area contributed by atoms with Crippen LogP contribution >= 0.6 is 0 Å². The van der Waals surface area contributed by atoms with E-state index >= 15 is 0 Å². The highest BCUT2D eigenvalue weighted by molar-refractivity contribution is 6.00. The highest BCUT2D eigenvalue weighted by Gasteiger charge is 2.08. The van der Waals surface area contributed by atoms with Crippen LogP contribution in [0.25, 0.3) is 0 Å². The van der Waals surface area contributed by atoms with E-state index in [0.717, 1.165) is 11.1 Å². The summed E-state index contributed by atoms with van der Waals surface area (Å²) in [7, 11) is 0. The van der Waals surface area contributed by atoms with Gasteiger partial charge in [-0.2, -0.15) is 0 Å². The van der Waals surface area contributed by atoms with Crippen molar-refractivity contribution in [3.05, 3.63) is 53.3 Å². The first kappa shape index (κ1) is 13.9. The molecule has 0 unspecified atom stereocenters. The molecule has 4 N–H and O–H groups in total. The van der Waals surface area contributed by atoms with Crippen LogP contribution in [-0.2, 0) is 0 Å². The molecule has 4 nitrogen and oxygen atoms in total. The minimum Gasteiger partial charge on any atom is -0.399 e. The van der Waals surface area contributed by atoms with E-state index in [1.807, 2.05) is 13.8 Å². The lowest BCUT2D eigenvalue weighted by atomic mass is 10.1. The lowest BCUT2D eigenvalue weighted by Gasteiger charge is -2.13. The Morgan fingerprint density at radius 3 is 2.35 bits per heavy atom. The summed E-state index contributed by atoms with van der Waals surface area (Å²) in [5.41, 5.74) is 9.22. The van der Waals surface area contributed by atoms with Gasteiger partial charge in [-0.1, -0.05) is 6.07 Å². The Kier molecular flexibility index (Phi) is 3.89. The van der Waals surface area contributed by atoms with Crippen LogP contribution in [0.15, 0.2) is 36.4 Å². The van der Waals surface area contributed by atoms with Crippen molar-refractivity contribution < 1.29 is 9.18 Å². The molecule has 20 heavy (non-hydrogen) atoms. The Labute approximate surface area is 116 Å². The predicted octanol–water partition coefficient (Wildman–Crippen LogP) is 3.67.